The minimum Gasteiger partial charge on any atom is -0.337 e. The number of fused-ring (bicyclic) bond motifs is 1. The number of likely N-dealkylation sites (N-methyl/N-ethyl adjacent to an activating group) is 1. The summed E-state index contributed by atoms with van der Waals surface area (Å²) in [4.78, 5) is 30.6. The third kappa shape index (κ3) is 4.51. The molecule has 3 heterocycles. The van der Waals surface area contributed by atoms with E-state index in [0.29, 0.717) is 18.2 Å². The van der Waals surface area contributed by atoms with E-state index in [1.54, 1.807) is 18.6 Å². The molecule has 7 heteroatoms. The third-order valence-corrected chi connectivity index (χ3v) is 7.52. The predicted octanol–water partition coefficient (Wildman–Crippen LogP) is 3.89. The quantitative estimate of drug-likeness (QED) is 0.551. The lowest BCUT2D eigenvalue weighted by molar-refractivity contribution is 0.0700. The van der Waals surface area contributed by atoms with Gasteiger partial charge in [0.1, 0.15) is 11.5 Å². The second-order valence-electron chi connectivity index (χ2n) is 9.52. The molecule has 1 saturated heterocycles. The molecule has 5 rings (SSSR count). The number of carbonyl (C=O) groups is 1. The van der Waals surface area contributed by atoms with Crippen molar-refractivity contribution in [3.05, 3.63) is 53.9 Å². The number of aryl methyl sites for hydroxylation is 1. The minimum atomic E-state index is -0.0259. The fourth-order valence-electron chi connectivity index (χ4n) is 5.29. The number of piperidine rings is 1. The van der Waals surface area contributed by atoms with E-state index in [9.17, 15) is 4.79 Å². The maximum absolute atomic E-state index is 12.9. The van der Waals surface area contributed by atoms with Crippen LogP contribution in [0.3, 0.4) is 0 Å². The number of imidazole rings is 1. The van der Waals surface area contributed by atoms with E-state index in [0.717, 1.165) is 50.5 Å². The van der Waals surface area contributed by atoms with Gasteiger partial charge in [0.2, 0.25) is 0 Å². The largest absolute Gasteiger partial charge is 0.337 e. The Labute approximate surface area is 195 Å². The van der Waals surface area contributed by atoms with Crippen LogP contribution in [0.2, 0.25) is 0 Å². The summed E-state index contributed by atoms with van der Waals surface area (Å²) < 4.78 is 2.36. The average molecular weight is 447 g/mol. The average Bonchev–Trinajstić information content (AvgIpc) is 3.18. The highest BCUT2D eigenvalue weighted by Crippen LogP contribution is 2.30. The van der Waals surface area contributed by atoms with Crippen LogP contribution in [0.1, 0.15) is 66.8 Å². The number of hydrogen-bond donors (Lipinski definition) is 0. The van der Waals surface area contributed by atoms with E-state index in [2.05, 4.69) is 51.6 Å². The summed E-state index contributed by atoms with van der Waals surface area (Å²) in [6.45, 7) is 5.68. The SMILES string of the molecule is CCn1c(CCN(C)C2CCC2)nc2cc(C3CCCN(C(=O)c4cnccn4)C3)ccc21. The van der Waals surface area contributed by atoms with Crippen molar-refractivity contribution in [2.75, 3.05) is 26.7 Å². The second kappa shape index (κ2) is 9.59. The first kappa shape index (κ1) is 22.0. The standard InChI is InChI=1S/C26H34N6O/c1-3-32-24-10-9-19(16-22(24)29-25(32)11-15-30(2)21-7-4-8-21)20-6-5-14-31(18-20)26(33)23-17-27-12-13-28-23/h9-10,12-13,16-17,20-21H,3-8,11,14-15,18H2,1-2H3. The van der Waals surface area contributed by atoms with E-state index in [-0.39, 0.29) is 5.91 Å². The molecule has 1 atom stereocenters. The summed E-state index contributed by atoms with van der Waals surface area (Å²) in [5, 5.41) is 0. The van der Waals surface area contributed by atoms with Gasteiger partial charge in [-0.3, -0.25) is 9.78 Å². The summed E-state index contributed by atoms with van der Waals surface area (Å²) in [7, 11) is 2.25. The van der Waals surface area contributed by atoms with E-state index in [4.69, 9.17) is 4.98 Å². The van der Waals surface area contributed by atoms with Gasteiger partial charge in [-0.2, -0.15) is 0 Å². The van der Waals surface area contributed by atoms with Crippen molar-refractivity contribution in [3.8, 4) is 0 Å². The summed E-state index contributed by atoms with van der Waals surface area (Å²) in [6, 6.07) is 7.47. The lowest BCUT2D eigenvalue weighted by Crippen LogP contribution is -2.39. The Morgan fingerprint density at radius 3 is 2.79 bits per heavy atom. The van der Waals surface area contributed by atoms with Crippen LogP contribution in [0.15, 0.2) is 36.8 Å². The van der Waals surface area contributed by atoms with Crippen molar-refractivity contribution in [3.63, 3.8) is 0 Å². The first-order valence-electron chi connectivity index (χ1n) is 12.4. The normalized spacial score (nSPS) is 19.2. The molecule has 0 spiro atoms. The van der Waals surface area contributed by atoms with E-state index in [1.165, 1.54) is 36.2 Å². The van der Waals surface area contributed by atoms with Gasteiger partial charge in [0.05, 0.1) is 17.2 Å². The van der Waals surface area contributed by atoms with E-state index in [1.807, 2.05) is 4.90 Å². The molecule has 1 aliphatic carbocycles. The number of rotatable bonds is 7. The number of aromatic nitrogens is 4. The molecule has 7 nitrogen and oxygen atoms in total. The molecule has 0 N–H and O–H groups in total. The van der Waals surface area contributed by atoms with Gasteiger partial charge in [0.15, 0.2) is 0 Å². The Balaban J connectivity index is 1.32. The molecule has 2 fully saturated rings. The van der Waals surface area contributed by atoms with Crippen LogP contribution in [0, 0.1) is 0 Å². The number of amides is 1. The Hall–Kier alpha value is -2.80. The predicted molar refractivity (Wildman–Crippen MR) is 129 cm³/mol. The number of benzene rings is 1. The number of likely N-dealkylation sites (tertiary alicyclic amines) is 1. The third-order valence-electron chi connectivity index (χ3n) is 7.52. The van der Waals surface area contributed by atoms with Crippen LogP contribution in [-0.2, 0) is 13.0 Å². The van der Waals surface area contributed by atoms with Crippen LogP contribution in [-0.4, -0.2) is 67.9 Å². The molecule has 174 valence electrons. The zero-order chi connectivity index (χ0) is 22.8. The monoisotopic (exact) mass is 446 g/mol. The molecular weight excluding hydrogens is 412 g/mol. The maximum Gasteiger partial charge on any atom is 0.274 e. The highest BCUT2D eigenvalue weighted by Gasteiger charge is 2.27. The van der Waals surface area contributed by atoms with Gasteiger partial charge in [0.25, 0.3) is 5.91 Å². The molecule has 3 aromatic rings. The first-order chi connectivity index (χ1) is 16.1. The molecule has 2 aliphatic rings. The number of hydrogen-bond acceptors (Lipinski definition) is 5. The van der Waals surface area contributed by atoms with Crippen molar-refractivity contribution < 1.29 is 4.79 Å². The van der Waals surface area contributed by atoms with Gasteiger partial charge in [-0.05, 0) is 57.4 Å². The van der Waals surface area contributed by atoms with Gasteiger partial charge < -0.3 is 14.4 Å². The molecule has 1 aliphatic heterocycles. The lowest BCUT2D eigenvalue weighted by Gasteiger charge is -2.34. The maximum atomic E-state index is 12.9. The fourth-order valence-corrected chi connectivity index (χ4v) is 5.29. The zero-order valence-electron chi connectivity index (χ0n) is 19.8. The van der Waals surface area contributed by atoms with Crippen LogP contribution < -0.4 is 0 Å². The van der Waals surface area contributed by atoms with Crippen molar-refractivity contribution in [1.82, 2.24) is 29.3 Å². The summed E-state index contributed by atoms with van der Waals surface area (Å²) in [6.07, 6.45) is 11.8. The molecular formula is C26H34N6O. The van der Waals surface area contributed by atoms with Crippen LogP contribution in [0.5, 0.6) is 0 Å². The molecule has 33 heavy (non-hydrogen) atoms. The lowest BCUT2D eigenvalue weighted by atomic mass is 9.90. The van der Waals surface area contributed by atoms with Crippen molar-refractivity contribution >= 4 is 16.9 Å². The number of carbonyl (C=O) groups excluding carboxylic acids is 1. The smallest absolute Gasteiger partial charge is 0.274 e. The molecule has 1 saturated carbocycles. The molecule has 1 unspecified atom stereocenters. The van der Waals surface area contributed by atoms with Gasteiger partial charge >= 0.3 is 0 Å². The van der Waals surface area contributed by atoms with E-state index >= 15 is 0 Å². The topological polar surface area (TPSA) is 67.2 Å². The van der Waals surface area contributed by atoms with Crippen LogP contribution in [0.4, 0.5) is 0 Å². The summed E-state index contributed by atoms with van der Waals surface area (Å²) >= 11 is 0. The van der Waals surface area contributed by atoms with Gasteiger partial charge in [-0.25, -0.2) is 9.97 Å². The highest BCUT2D eigenvalue weighted by atomic mass is 16.2. The Bertz CT molecular complexity index is 1110. The van der Waals surface area contributed by atoms with E-state index < -0.39 is 0 Å². The van der Waals surface area contributed by atoms with Crippen LogP contribution >= 0.6 is 0 Å². The Morgan fingerprint density at radius 2 is 2.06 bits per heavy atom. The van der Waals surface area contributed by atoms with Gasteiger partial charge in [-0.1, -0.05) is 12.5 Å². The Kier molecular flexibility index (Phi) is 6.40. The zero-order valence-corrected chi connectivity index (χ0v) is 19.8. The molecule has 1 aromatic carbocycles. The number of nitrogens with zero attached hydrogens (tertiary/aromatic N) is 6. The van der Waals surface area contributed by atoms with Crippen LogP contribution in [0.25, 0.3) is 11.0 Å². The molecule has 2 aromatic heterocycles. The van der Waals surface area contributed by atoms with Crippen molar-refractivity contribution in [2.45, 2.75) is 64.0 Å². The van der Waals surface area contributed by atoms with Crippen molar-refractivity contribution in [2.24, 2.45) is 0 Å². The first-order valence-corrected chi connectivity index (χ1v) is 12.4. The van der Waals surface area contributed by atoms with Gasteiger partial charge in [0, 0.05) is 57.0 Å². The minimum absolute atomic E-state index is 0.0259. The Morgan fingerprint density at radius 1 is 1.18 bits per heavy atom. The fraction of sp³-hybridized carbons (Fsp3) is 0.538. The summed E-state index contributed by atoms with van der Waals surface area (Å²) in [5.41, 5.74) is 3.99. The summed E-state index contributed by atoms with van der Waals surface area (Å²) in [5.74, 6) is 1.48. The molecule has 0 bridgehead atoms. The second-order valence-corrected chi connectivity index (χ2v) is 9.52. The molecule has 0 radical (unpaired) electrons. The van der Waals surface area contributed by atoms with Gasteiger partial charge in [-0.15, -0.1) is 0 Å². The van der Waals surface area contributed by atoms with Crippen molar-refractivity contribution in [1.29, 1.82) is 0 Å². The highest BCUT2D eigenvalue weighted by molar-refractivity contribution is 5.92. The molecule has 1 amide bonds.